The van der Waals surface area contributed by atoms with Gasteiger partial charge in [-0.25, -0.2) is 0 Å². The first-order valence-electron chi connectivity index (χ1n) is 5.43. The molecule has 2 nitrogen and oxygen atoms in total. The molecule has 0 atom stereocenters. The van der Waals surface area contributed by atoms with Crippen molar-refractivity contribution in [2.45, 2.75) is 25.8 Å². The van der Waals surface area contributed by atoms with E-state index in [4.69, 9.17) is 5.26 Å². The lowest BCUT2D eigenvalue weighted by Gasteiger charge is -2.04. The van der Waals surface area contributed by atoms with Crippen LogP contribution in [0.3, 0.4) is 0 Å². The van der Waals surface area contributed by atoms with E-state index in [0.29, 0.717) is 6.42 Å². The van der Waals surface area contributed by atoms with Gasteiger partial charge in [0.15, 0.2) is 0 Å². The minimum Gasteiger partial charge on any atom is -0.347 e. The highest BCUT2D eigenvalue weighted by atomic mass is 79.9. The summed E-state index contributed by atoms with van der Waals surface area (Å²) in [5, 5.41) is 9.72. The van der Waals surface area contributed by atoms with Crippen LogP contribution in [0.5, 0.6) is 0 Å². The van der Waals surface area contributed by atoms with Gasteiger partial charge in [-0.1, -0.05) is 22.0 Å². The number of rotatable bonds is 4. The van der Waals surface area contributed by atoms with Crippen LogP contribution < -0.4 is 0 Å². The fourth-order valence-electron chi connectivity index (χ4n) is 1.87. The molecule has 2 aromatic rings. The highest BCUT2D eigenvalue weighted by Gasteiger charge is 2.02. The summed E-state index contributed by atoms with van der Waals surface area (Å²) in [4.78, 5) is 0. The minimum atomic E-state index is 0.656. The molecule has 0 fully saturated rings. The quantitative estimate of drug-likeness (QED) is 0.773. The van der Waals surface area contributed by atoms with Crippen LogP contribution in [0.1, 0.15) is 19.3 Å². The number of fused-ring (bicyclic) bond motifs is 1. The van der Waals surface area contributed by atoms with E-state index in [1.165, 1.54) is 10.9 Å². The van der Waals surface area contributed by atoms with Gasteiger partial charge < -0.3 is 4.57 Å². The van der Waals surface area contributed by atoms with Crippen molar-refractivity contribution >= 4 is 26.8 Å². The number of nitrogens with zero attached hydrogens (tertiary/aromatic N) is 2. The molecular weight excluding hydrogens is 264 g/mol. The lowest BCUT2D eigenvalue weighted by Crippen LogP contribution is -1.95. The Morgan fingerprint density at radius 3 is 2.94 bits per heavy atom. The van der Waals surface area contributed by atoms with Crippen molar-refractivity contribution in [2.75, 3.05) is 0 Å². The fraction of sp³-hybridized carbons (Fsp3) is 0.308. The molecule has 1 aromatic heterocycles. The van der Waals surface area contributed by atoms with Gasteiger partial charge in [-0.05, 0) is 31.0 Å². The fourth-order valence-corrected chi connectivity index (χ4v) is 2.35. The molecule has 0 saturated heterocycles. The SMILES string of the molecule is N#CCCCCn1ccc2c(Br)cccc21. The van der Waals surface area contributed by atoms with Gasteiger partial charge >= 0.3 is 0 Å². The lowest BCUT2D eigenvalue weighted by molar-refractivity contribution is 0.632. The van der Waals surface area contributed by atoms with Crippen LogP contribution in [0.15, 0.2) is 34.9 Å². The van der Waals surface area contributed by atoms with Crippen LogP contribution >= 0.6 is 15.9 Å². The number of benzene rings is 1. The predicted molar refractivity (Wildman–Crippen MR) is 69.1 cm³/mol. The molecule has 0 aliphatic heterocycles. The van der Waals surface area contributed by atoms with Gasteiger partial charge in [0.05, 0.1) is 6.07 Å². The molecule has 2 rings (SSSR count). The van der Waals surface area contributed by atoms with Gasteiger partial charge in [0.1, 0.15) is 0 Å². The summed E-state index contributed by atoms with van der Waals surface area (Å²) in [5.41, 5.74) is 1.26. The summed E-state index contributed by atoms with van der Waals surface area (Å²) in [6.45, 7) is 0.988. The van der Waals surface area contributed by atoms with E-state index in [1.807, 2.05) is 0 Å². The standard InChI is InChI=1S/C13H13BrN2/c14-12-5-4-6-13-11(12)7-10-16(13)9-3-1-2-8-15/h4-7,10H,1-3,9H2. The molecule has 0 aliphatic rings. The Kier molecular flexibility index (Phi) is 3.63. The Morgan fingerprint density at radius 2 is 2.12 bits per heavy atom. The van der Waals surface area contributed by atoms with Crippen molar-refractivity contribution < 1.29 is 0 Å². The van der Waals surface area contributed by atoms with Crippen LogP contribution in [0.2, 0.25) is 0 Å². The van der Waals surface area contributed by atoms with Crippen LogP contribution in [0.4, 0.5) is 0 Å². The van der Waals surface area contributed by atoms with Gasteiger partial charge in [-0.3, -0.25) is 0 Å². The maximum absolute atomic E-state index is 8.47. The average molecular weight is 277 g/mol. The first-order valence-corrected chi connectivity index (χ1v) is 6.22. The van der Waals surface area contributed by atoms with E-state index >= 15 is 0 Å². The summed E-state index contributed by atoms with van der Waals surface area (Å²) < 4.78 is 3.39. The molecule has 0 spiro atoms. The lowest BCUT2D eigenvalue weighted by atomic mass is 10.2. The first-order chi connectivity index (χ1) is 7.83. The van der Waals surface area contributed by atoms with Gasteiger partial charge in [0, 0.05) is 34.5 Å². The van der Waals surface area contributed by atoms with Gasteiger partial charge in [0.25, 0.3) is 0 Å². The van der Waals surface area contributed by atoms with Crippen LogP contribution in [-0.2, 0) is 6.54 Å². The summed E-state index contributed by atoms with van der Waals surface area (Å²) in [7, 11) is 0. The number of unbranched alkanes of at least 4 members (excludes halogenated alkanes) is 2. The van der Waals surface area contributed by atoms with Crippen molar-refractivity contribution in [3.05, 3.63) is 34.9 Å². The van der Waals surface area contributed by atoms with E-state index in [-0.39, 0.29) is 0 Å². The third kappa shape index (κ3) is 2.28. The van der Waals surface area contributed by atoms with Crippen molar-refractivity contribution in [1.82, 2.24) is 4.57 Å². The number of halogens is 1. The molecule has 0 radical (unpaired) electrons. The van der Waals surface area contributed by atoms with E-state index < -0.39 is 0 Å². The number of aromatic nitrogens is 1. The Labute approximate surface area is 104 Å². The molecule has 0 unspecified atom stereocenters. The highest BCUT2D eigenvalue weighted by Crippen LogP contribution is 2.24. The van der Waals surface area contributed by atoms with Crippen molar-refractivity contribution in [3.8, 4) is 6.07 Å². The van der Waals surface area contributed by atoms with Crippen LogP contribution in [0, 0.1) is 11.3 Å². The predicted octanol–water partition coefficient (Wildman–Crippen LogP) is 4.10. The highest BCUT2D eigenvalue weighted by molar-refractivity contribution is 9.10. The molecule has 82 valence electrons. The zero-order valence-corrected chi connectivity index (χ0v) is 10.6. The molecular formula is C13H13BrN2. The van der Waals surface area contributed by atoms with Crippen molar-refractivity contribution in [1.29, 1.82) is 5.26 Å². The Morgan fingerprint density at radius 1 is 1.25 bits per heavy atom. The average Bonchev–Trinajstić information content (AvgIpc) is 2.70. The van der Waals surface area contributed by atoms with Gasteiger partial charge in [0.2, 0.25) is 0 Å². The van der Waals surface area contributed by atoms with Crippen LogP contribution in [0.25, 0.3) is 10.9 Å². The monoisotopic (exact) mass is 276 g/mol. The molecule has 0 saturated carbocycles. The third-order valence-corrected chi connectivity index (χ3v) is 3.39. The largest absolute Gasteiger partial charge is 0.347 e. The molecule has 0 amide bonds. The molecule has 1 aromatic carbocycles. The number of nitriles is 1. The molecule has 16 heavy (non-hydrogen) atoms. The summed E-state index contributed by atoms with van der Waals surface area (Å²) in [6.07, 6.45) is 4.80. The van der Waals surface area contributed by atoms with Gasteiger partial charge in [-0.15, -0.1) is 0 Å². The first kappa shape index (κ1) is 11.2. The van der Waals surface area contributed by atoms with Crippen molar-refractivity contribution in [2.24, 2.45) is 0 Å². The summed E-state index contributed by atoms with van der Waals surface area (Å²) in [6, 6.07) is 10.5. The Bertz CT molecular complexity index is 522. The van der Waals surface area contributed by atoms with E-state index in [1.54, 1.807) is 0 Å². The summed E-state index contributed by atoms with van der Waals surface area (Å²) >= 11 is 3.55. The second-order valence-corrected chi connectivity index (χ2v) is 4.65. The Balaban J connectivity index is 2.14. The second-order valence-electron chi connectivity index (χ2n) is 3.80. The number of hydrogen-bond donors (Lipinski definition) is 0. The van der Waals surface area contributed by atoms with E-state index in [2.05, 4.69) is 57.0 Å². The minimum absolute atomic E-state index is 0.656. The molecule has 1 heterocycles. The van der Waals surface area contributed by atoms with Crippen LogP contribution in [-0.4, -0.2) is 4.57 Å². The second kappa shape index (κ2) is 5.18. The van der Waals surface area contributed by atoms with E-state index in [0.717, 1.165) is 23.9 Å². The third-order valence-electron chi connectivity index (χ3n) is 2.70. The maximum Gasteiger partial charge on any atom is 0.0621 e. The number of aryl methyl sites for hydroxylation is 1. The molecule has 0 bridgehead atoms. The smallest absolute Gasteiger partial charge is 0.0621 e. The zero-order valence-electron chi connectivity index (χ0n) is 8.99. The van der Waals surface area contributed by atoms with Crippen molar-refractivity contribution in [3.63, 3.8) is 0 Å². The Hall–Kier alpha value is -1.27. The summed E-state index contributed by atoms with van der Waals surface area (Å²) in [5.74, 6) is 0. The molecule has 3 heteroatoms. The van der Waals surface area contributed by atoms with Gasteiger partial charge in [-0.2, -0.15) is 5.26 Å². The normalized spacial score (nSPS) is 10.5. The topological polar surface area (TPSA) is 28.7 Å². The zero-order chi connectivity index (χ0) is 11.4. The maximum atomic E-state index is 8.47. The molecule has 0 aliphatic carbocycles. The molecule has 0 N–H and O–H groups in total. The number of hydrogen-bond acceptors (Lipinski definition) is 1. The van der Waals surface area contributed by atoms with E-state index in [9.17, 15) is 0 Å².